The lowest BCUT2D eigenvalue weighted by Gasteiger charge is -2.35. The zero-order valence-electron chi connectivity index (χ0n) is 33.9. The number of carbonyl (C=O) groups is 7. The van der Waals surface area contributed by atoms with Gasteiger partial charge in [0.05, 0.1) is 35.4 Å². The number of ether oxygens (including phenoxy) is 2. The summed E-state index contributed by atoms with van der Waals surface area (Å²) in [4.78, 5) is 107. The highest BCUT2D eigenvalue weighted by atomic mass is 16.6. The maximum absolute atomic E-state index is 14.1. The van der Waals surface area contributed by atoms with E-state index in [2.05, 4.69) is 10.6 Å². The summed E-state index contributed by atoms with van der Waals surface area (Å²) in [6, 6.07) is 4.97. The van der Waals surface area contributed by atoms with Gasteiger partial charge in [0.15, 0.2) is 0 Å². The number of hydrogen-bond donors (Lipinski definition) is 4. The molecule has 2 aliphatic heterocycles. The summed E-state index contributed by atoms with van der Waals surface area (Å²) in [7, 11) is 0. The fourth-order valence-electron chi connectivity index (χ4n) is 7.77. The van der Waals surface area contributed by atoms with E-state index in [0.717, 1.165) is 29.4 Å². The van der Waals surface area contributed by atoms with Gasteiger partial charge in [0, 0.05) is 42.2 Å². The third-order valence-electron chi connectivity index (χ3n) is 11.0. The summed E-state index contributed by atoms with van der Waals surface area (Å²) in [5.41, 5.74) is 1.83. The SMILES string of the molecule is CCCCC(NC(=O)CCC(=O)Cc1ccc2nc3c(c(CC)c2c1)Cn1c-3cc2c(c1=O)COC(=O)[C@@]2(CC)OC(=O)CCC(=O)NC(CCCC)C(=O)O)C(=O)O. The van der Waals surface area contributed by atoms with Crippen molar-refractivity contribution >= 4 is 52.4 Å². The number of hydrogen-bond acceptors (Lipinski definition) is 11. The van der Waals surface area contributed by atoms with Gasteiger partial charge in [-0.25, -0.2) is 19.4 Å². The first kappa shape index (κ1) is 44.2. The number of cyclic esters (lactones) is 1. The molecule has 16 heteroatoms. The van der Waals surface area contributed by atoms with Crippen LogP contribution in [0.3, 0.4) is 0 Å². The molecule has 0 aliphatic carbocycles. The third-order valence-corrected chi connectivity index (χ3v) is 11.0. The number of amides is 2. The highest BCUT2D eigenvalue weighted by Crippen LogP contribution is 2.42. The minimum Gasteiger partial charge on any atom is -0.480 e. The highest BCUT2D eigenvalue weighted by molar-refractivity contribution is 5.93. The number of aryl methyl sites for hydroxylation is 1. The molecule has 0 radical (unpaired) electrons. The van der Waals surface area contributed by atoms with Crippen molar-refractivity contribution in [2.75, 3.05) is 0 Å². The number of unbranched alkanes of at least 4 members (excludes halogenated alkanes) is 2. The fraction of sp³-hybridized carbons (Fsp3) is 0.512. The van der Waals surface area contributed by atoms with Crippen molar-refractivity contribution < 1.29 is 53.2 Å². The zero-order valence-corrected chi connectivity index (χ0v) is 33.9. The molecule has 3 aromatic rings. The van der Waals surface area contributed by atoms with E-state index in [4.69, 9.17) is 14.5 Å². The van der Waals surface area contributed by atoms with Crippen LogP contribution < -0.4 is 16.2 Å². The first-order chi connectivity index (χ1) is 28.2. The molecule has 0 spiro atoms. The lowest BCUT2D eigenvalue weighted by Crippen LogP contribution is -2.47. The molecular weight excluding hydrogens is 764 g/mol. The predicted octanol–water partition coefficient (Wildman–Crippen LogP) is 4.38. The average molecular weight is 817 g/mol. The Morgan fingerprint density at radius 3 is 2.07 bits per heavy atom. The van der Waals surface area contributed by atoms with Gasteiger partial charge >= 0.3 is 23.9 Å². The number of aliphatic carboxylic acids is 2. The summed E-state index contributed by atoms with van der Waals surface area (Å²) in [6.45, 7) is 7.24. The van der Waals surface area contributed by atoms with Gasteiger partial charge in [-0.1, -0.05) is 59.4 Å². The number of nitrogens with zero attached hydrogens (tertiary/aromatic N) is 2. The minimum atomic E-state index is -1.98. The average Bonchev–Trinajstić information content (AvgIpc) is 3.57. The van der Waals surface area contributed by atoms with Crippen LogP contribution in [0.1, 0.15) is 126 Å². The number of rotatable bonds is 21. The second-order valence-corrected chi connectivity index (χ2v) is 15.1. The van der Waals surface area contributed by atoms with E-state index in [0.29, 0.717) is 48.2 Å². The van der Waals surface area contributed by atoms with E-state index < -0.39 is 65.4 Å². The van der Waals surface area contributed by atoms with Crippen LogP contribution in [-0.2, 0) is 74.6 Å². The molecule has 0 fully saturated rings. The van der Waals surface area contributed by atoms with E-state index in [1.165, 1.54) is 0 Å². The molecule has 4 heterocycles. The van der Waals surface area contributed by atoms with Crippen molar-refractivity contribution in [2.45, 2.75) is 142 Å². The van der Waals surface area contributed by atoms with Crippen LogP contribution in [0.2, 0.25) is 0 Å². The third kappa shape index (κ3) is 9.69. The van der Waals surface area contributed by atoms with Gasteiger partial charge in [-0.2, -0.15) is 0 Å². The molecule has 59 heavy (non-hydrogen) atoms. The number of nitrogens with one attached hydrogen (secondary N) is 2. The second-order valence-electron chi connectivity index (χ2n) is 15.1. The van der Waals surface area contributed by atoms with Gasteiger partial charge in [0.1, 0.15) is 24.5 Å². The molecule has 0 saturated carbocycles. The number of ketones is 1. The van der Waals surface area contributed by atoms with Gasteiger partial charge in [-0.3, -0.25) is 24.0 Å². The lowest BCUT2D eigenvalue weighted by atomic mass is 9.85. The van der Waals surface area contributed by atoms with Crippen LogP contribution in [0.25, 0.3) is 22.3 Å². The van der Waals surface area contributed by atoms with Gasteiger partial charge in [-0.05, 0) is 55.0 Å². The zero-order chi connectivity index (χ0) is 43.0. The van der Waals surface area contributed by atoms with E-state index in [9.17, 15) is 48.6 Å². The Labute approximate surface area is 341 Å². The molecular formula is C43H52N4O12. The topological polar surface area (TPSA) is 237 Å². The molecule has 4 N–H and O–H groups in total. The Bertz CT molecular complexity index is 2230. The van der Waals surface area contributed by atoms with Gasteiger partial charge in [0.2, 0.25) is 17.4 Å². The van der Waals surface area contributed by atoms with Crippen LogP contribution in [0, 0.1) is 0 Å². The van der Waals surface area contributed by atoms with Gasteiger partial charge < -0.3 is 34.9 Å². The monoisotopic (exact) mass is 816 g/mol. The molecule has 0 bridgehead atoms. The Morgan fingerprint density at radius 2 is 1.49 bits per heavy atom. The molecule has 0 saturated heterocycles. The van der Waals surface area contributed by atoms with Crippen LogP contribution in [0.15, 0.2) is 29.1 Å². The van der Waals surface area contributed by atoms with Crippen LogP contribution in [0.5, 0.6) is 0 Å². The number of aromatic nitrogens is 2. The van der Waals surface area contributed by atoms with E-state index in [1.807, 2.05) is 26.8 Å². The van der Waals surface area contributed by atoms with Crippen LogP contribution in [0.4, 0.5) is 0 Å². The van der Waals surface area contributed by atoms with Crippen molar-refractivity contribution in [3.05, 3.63) is 62.4 Å². The molecule has 5 rings (SSSR count). The number of carboxylic acids is 2. The molecule has 16 nitrogen and oxygen atoms in total. The smallest absolute Gasteiger partial charge is 0.355 e. The maximum atomic E-state index is 14.1. The molecule has 2 aromatic heterocycles. The van der Waals surface area contributed by atoms with Gasteiger partial charge in [-0.15, -0.1) is 0 Å². The molecule has 2 amide bonds. The number of fused-ring (bicyclic) bond motifs is 5. The Kier molecular flexibility index (Phi) is 14.4. The number of benzene rings is 1. The quantitative estimate of drug-likeness (QED) is 0.0856. The molecule has 3 atom stereocenters. The maximum Gasteiger partial charge on any atom is 0.355 e. The number of Topliss-reactive ketones (excluding diaryl/α,β-unsaturated/α-hetero) is 1. The van der Waals surface area contributed by atoms with Crippen LogP contribution >= 0.6 is 0 Å². The summed E-state index contributed by atoms with van der Waals surface area (Å²) < 4.78 is 12.8. The van der Waals surface area contributed by atoms with Crippen molar-refractivity contribution in [2.24, 2.45) is 0 Å². The van der Waals surface area contributed by atoms with Crippen molar-refractivity contribution in [3.63, 3.8) is 0 Å². The predicted molar refractivity (Wildman–Crippen MR) is 213 cm³/mol. The van der Waals surface area contributed by atoms with Crippen molar-refractivity contribution in [1.82, 2.24) is 20.2 Å². The lowest BCUT2D eigenvalue weighted by molar-refractivity contribution is -0.189. The molecule has 316 valence electrons. The number of pyridine rings is 2. The largest absolute Gasteiger partial charge is 0.480 e. The van der Waals surface area contributed by atoms with Gasteiger partial charge in [0.25, 0.3) is 5.56 Å². The second kappa shape index (κ2) is 19.2. The summed E-state index contributed by atoms with van der Waals surface area (Å²) in [5.74, 6) is -5.40. The van der Waals surface area contributed by atoms with Crippen molar-refractivity contribution in [3.8, 4) is 11.4 Å². The van der Waals surface area contributed by atoms with E-state index in [-0.39, 0.29) is 68.6 Å². The first-order valence-electron chi connectivity index (χ1n) is 20.3. The number of esters is 2. The summed E-state index contributed by atoms with van der Waals surface area (Å²) in [5, 5.41) is 24.6. The standard InChI is InChI=1S/C43H52N4O12/c1-5-9-11-32(40(53)54)44-35(49)16-14-25(48)19-24-13-15-31-27(20-24)26(7-3)28-22-47-34(38(28)46-31)21-30-29(39(47)52)23-58-42(57)43(30,8-4)59-37(51)18-17-36(50)45-33(41(55)56)12-10-6-2/h13,15,20-21,32-33H,5-12,14,16-19,22-23H2,1-4H3,(H,44,49)(H,45,50)(H,53,54)(H,55,56)/t32?,33?,43-/m0/s1. The number of carboxylic acid groups (broad SMARTS) is 2. The summed E-state index contributed by atoms with van der Waals surface area (Å²) in [6.07, 6.45) is 2.82. The fourth-order valence-corrected chi connectivity index (χ4v) is 7.77. The number of carbonyl (C=O) groups excluding carboxylic acids is 5. The molecule has 2 aliphatic rings. The minimum absolute atomic E-state index is 0.0480. The Morgan fingerprint density at radius 1 is 0.864 bits per heavy atom. The molecule has 1 aromatic carbocycles. The Hall–Kier alpha value is -5.93. The summed E-state index contributed by atoms with van der Waals surface area (Å²) >= 11 is 0. The van der Waals surface area contributed by atoms with Crippen molar-refractivity contribution in [1.29, 1.82) is 0 Å². The highest BCUT2D eigenvalue weighted by Gasteiger charge is 2.50. The van der Waals surface area contributed by atoms with Crippen LogP contribution in [-0.4, -0.2) is 73.3 Å². The van der Waals surface area contributed by atoms with E-state index in [1.54, 1.807) is 29.7 Å². The molecule has 2 unspecified atom stereocenters. The Balaban J connectivity index is 1.37. The van der Waals surface area contributed by atoms with E-state index >= 15 is 0 Å². The first-order valence-corrected chi connectivity index (χ1v) is 20.3. The normalized spacial score (nSPS) is 16.2.